The maximum Gasteiger partial charge on any atom is 0.283 e. The molecule has 166 valence electrons. The summed E-state index contributed by atoms with van der Waals surface area (Å²) < 4.78 is 5.27. The molecule has 0 radical (unpaired) electrons. The number of ether oxygens (including phenoxy) is 1. The first-order valence-corrected chi connectivity index (χ1v) is 10.4. The van der Waals surface area contributed by atoms with Gasteiger partial charge in [-0.25, -0.2) is 4.90 Å². The number of aryl methyl sites for hydroxylation is 1. The summed E-state index contributed by atoms with van der Waals surface area (Å²) in [7, 11) is 1.45. The number of imide groups is 1. The van der Waals surface area contributed by atoms with E-state index >= 15 is 0 Å². The van der Waals surface area contributed by atoms with Crippen LogP contribution in [-0.4, -0.2) is 24.8 Å². The minimum Gasteiger partial charge on any atom is -0.495 e. The van der Waals surface area contributed by atoms with Gasteiger partial charge in [0.1, 0.15) is 16.5 Å². The highest BCUT2D eigenvalue weighted by atomic mass is 35.5. The number of benzene rings is 3. The summed E-state index contributed by atoms with van der Waals surface area (Å²) in [6.07, 6.45) is 0. The molecule has 0 aliphatic carbocycles. The molecule has 1 aliphatic heterocycles. The van der Waals surface area contributed by atoms with Crippen LogP contribution in [0.3, 0.4) is 0 Å². The first-order valence-electron chi connectivity index (χ1n) is 10.1. The summed E-state index contributed by atoms with van der Waals surface area (Å²) in [6, 6.07) is 20.7. The van der Waals surface area contributed by atoms with Gasteiger partial charge in [-0.05, 0) is 55.0 Å². The molecule has 0 saturated carbocycles. The van der Waals surface area contributed by atoms with Gasteiger partial charge in [-0.2, -0.15) is 0 Å². The highest BCUT2D eigenvalue weighted by molar-refractivity contribution is 6.53. The number of nitrogens with zero attached hydrogens (tertiary/aromatic N) is 1. The Kier molecular flexibility index (Phi) is 6.15. The zero-order valence-corrected chi connectivity index (χ0v) is 18.6. The van der Waals surface area contributed by atoms with Crippen LogP contribution in [0.1, 0.15) is 15.9 Å². The first-order chi connectivity index (χ1) is 15.9. The van der Waals surface area contributed by atoms with Crippen molar-refractivity contribution in [2.24, 2.45) is 0 Å². The lowest BCUT2D eigenvalue weighted by Crippen LogP contribution is -2.32. The van der Waals surface area contributed by atoms with Crippen LogP contribution in [0.15, 0.2) is 83.5 Å². The third-order valence-electron chi connectivity index (χ3n) is 5.02. The second-order valence-corrected chi connectivity index (χ2v) is 7.71. The van der Waals surface area contributed by atoms with Crippen molar-refractivity contribution in [1.82, 2.24) is 0 Å². The minimum absolute atomic E-state index is 0.0798. The van der Waals surface area contributed by atoms with Gasteiger partial charge >= 0.3 is 0 Å². The molecule has 1 heterocycles. The maximum absolute atomic E-state index is 13.1. The Labute approximate surface area is 195 Å². The number of carbonyl (C=O) groups is 3. The molecule has 33 heavy (non-hydrogen) atoms. The van der Waals surface area contributed by atoms with Gasteiger partial charge in [0, 0.05) is 16.9 Å². The van der Waals surface area contributed by atoms with E-state index in [4.69, 9.17) is 16.3 Å². The molecule has 0 fully saturated rings. The van der Waals surface area contributed by atoms with E-state index in [1.54, 1.807) is 54.6 Å². The Bertz CT molecular complexity index is 1300. The lowest BCUT2D eigenvalue weighted by Gasteiger charge is -2.18. The number of para-hydroxylation sites is 2. The number of carbonyl (C=O) groups excluding carboxylic acids is 3. The molecule has 4 rings (SSSR count). The van der Waals surface area contributed by atoms with E-state index in [1.807, 2.05) is 25.1 Å². The zero-order chi connectivity index (χ0) is 23.5. The molecule has 0 unspecified atom stereocenters. The van der Waals surface area contributed by atoms with Crippen molar-refractivity contribution in [3.05, 3.63) is 94.7 Å². The number of nitrogens with one attached hydrogen (secondary N) is 2. The van der Waals surface area contributed by atoms with E-state index in [0.717, 1.165) is 10.5 Å². The average molecular weight is 462 g/mol. The third kappa shape index (κ3) is 4.44. The summed E-state index contributed by atoms with van der Waals surface area (Å²) in [4.78, 5) is 39.4. The Hall–Kier alpha value is -4.10. The molecule has 0 saturated heterocycles. The van der Waals surface area contributed by atoms with Crippen LogP contribution in [0, 0.1) is 6.92 Å². The van der Waals surface area contributed by atoms with Gasteiger partial charge in [-0.3, -0.25) is 14.4 Å². The van der Waals surface area contributed by atoms with Crippen molar-refractivity contribution in [3.8, 4) is 5.75 Å². The molecule has 3 aromatic carbocycles. The maximum atomic E-state index is 13.1. The minimum atomic E-state index is -0.665. The summed E-state index contributed by atoms with van der Waals surface area (Å²) in [5.74, 6) is -1.24. The molecule has 0 aromatic heterocycles. The van der Waals surface area contributed by atoms with E-state index in [9.17, 15) is 14.4 Å². The van der Waals surface area contributed by atoms with Gasteiger partial charge in [-0.15, -0.1) is 0 Å². The van der Waals surface area contributed by atoms with Crippen molar-refractivity contribution in [2.45, 2.75) is 6.92 Å². The second kappa shape index (κ2) is 9.18. The summed E-state index contributed by atoms with van der Waals surface area (Å²) in [5, 5.41) is 5.48. The van der Waals surface area contributed by atoms with Crippen LogP contribution in [0.2, 0.25) is 0 Å². The van der Waals surface area contributed by atoms with Gasteiger partial charge in [0.2, 0.25) is 0 Å². The van der Waals surface area contributed by atoms with Gasteiger partial charge in [0.15, 0.2) is 0 Å². The molecule has 3 aromatic rings. The molecule has 0 bridgehead atoms. The summed E-state index contributed by atoms with van der Waals surface area (Å²) >= 11 is 6.22. The predicted molar refractivity (Wildman–Crippen MR) is 128 cm³/mol. The number of hydrogen-bond acceptors (Lipinski definition) is 5. The van der Waals surface area contributed by atoms with Crippen LogP contribution in [0.25, 0.3) is 0 Å². The van der Waals surface area contributed by atoms with Gasteiger partial charge in [0.25, 0.3) is 17.7 Å². The van der Waals surface area contributed by atoms with Gasteiger partial charge in [-0.1, -0.05) is 41.9 Å². The molecule has 3 amide bonds. The van der Waals surface area contributed by atoms with E-state index in [1.165, 1.54) is 7.11 Å². The van der Waals surface area contributed by atoms with Crippen molar-refractivity contribution in [1.29, 1.82) is 0 Å². The Balaban J connectivity index is 1.56. The Morgan fingerprint density at radius 1 is 0.909 bits per heavy atom. The monoisotopic (exact) mass is 461 g/mol. The highest BCUT2D eigenvalue weighted by Crippen LogP contribution is 2.35. The van der Waals surface area contributed by atoms with Crippen LogP contribution < -0.4 is 20.3 Å². The largest absolute Gasteiger partial charge is 0.495 e. The average Bonchev–Trinajstić information content (AvgIpc) is 3.02. The number of hydrogen-bond donors (Lipinski definition) is 2. The SMILES string of the molecule is COc1ccccc1N1C(=O)C(Cl)=C(Nc2cccc(C(=O)Nc3cccc(C)c3)c2)C1=O. The van der Waals surface area contributed by atoms with Crippen molar-refractivity contribution in [2.75, 3.05) is 22.6 Å². The molecule has 2 N–H and O–H groups in total. The van der Waals surface area contributed by atoms with E-state index in [-0.39, 0.29) is 22.3 Å². The van der Waals surface area contributed by atoms with E-state index in [2.05, 4.69) is 10.6 Å². The predicted octanol–water partition coefficient (Wildman–Crippen LogP) is 4.69. The Morgan fingerprint density at radius 3 is 2.39 bits per heavy atom. The van der Waals surface area contributed by atoms with Crippen LogP contribution >= 0.6 is 11.6 Å². The fourth-order valence-corrected chi connectivity index (χ4v) is 3.67. The lowest BCUT2D eigenvalue weighted by atomic mass is 10.1. The first kappa shape index (κ1) is 22.1. The number of amides is 3. The molecule has 1 aliphatic rings. The fraction of sp³-hybridized carbons (Fsp3) is 0.0800. The molecule has 8 heteroatoms. The fourth-order valence-electron chi connectivity index (χ4n) is 3.45. The molecular formula is C25H20ClN3O4. The van der Waals surface area contributed by atoms with Crippen molar-refractivity contribution in [3.63, 3.8) is 0 Å². The number of halogens is 1. The third-order valence-corrected chi connectivity index (χ3v) is 5.37. The quantitative estimate of drug-likeness (QED) is 0.520. The summed E-state index contributed by atoms with van der Waals surface area (Å²) in [5.41, 5.74) is 2.71. The summed E-state index contributed by atoms with van der Waals surface area (Å²) in [6.45, 7) is 1.94. The molecule has 0 spiro atoms. The van der Waals surface area contributed by atoms with E-state index in [0.29, 0.717) is 22.7 Å². The second-order valence-electron chi connectivity index (χ2n) is 7.34. The van der Waals surface area contributed by atoms with Gasteiger partial charge in [0.05, 0.1) is 12.8 Å². The van der Waals surface area contributed by atoms with Crippen molar-refractivity contribution >= 4 is 46.4 Å². The van der Waals surface area contributed by atoms with Crippen LogP contribution in [0.5, 0.6) is 5.75 Å². The van der Waals surface area contributed by atoms with Crippen LogP contribution in [0.4, 0.5) is 17.1 Å². The standard InChI is InChI=1S/C25H20ClN3O4/c1-15-7-5-9-17(13-15)28-23(30)16-8-6-10-18(14-16)27-22-21(26)24(31)29(25(22)32)19-11-3-4-12-20(19)33-2/h3-14,27H,1-2H3,(H,28,30). The smallest absolute Gasteiger partial charge is 0.283 e. The Morgan fingerprint density at radius 2 is 1.64 bits per heavy atom. The van der Waals surface area contributed by atoms with Gasteiger partial charge < -0.3 is 15.4 Å². The lowest BCUT2D eigenvalue weighted by molar-refractivity contribution is -0.120. The zero-order valence-electron chi connectivity index (χ0n) is 17.9. The van der Waals surface area contributed by atoms with Crippen LogP contribution in [-0.2, 0) is 9.59 Å². The number of methoxy groups -OCH3 is 1. The van der Waals surface area contributed by atoms with Crippen molar-refractivity contribution < 1.29 is 19.1 Å². The molecule has 0 atom stereocenters. The molecule has 7 nitrogen and oxygen atoms in total. The highest BCUT2D eigenvalue weighted by Gasteiger charge is 2.40. The number of anilines is 3. The van der Waals surface area contributed by atoms with E-state index < -0.39 is 11.8 Å². The normalized spacial score (nSPS) is 13.4. The number of rotatable bonds is 6. The topological polar surface area (TPSA) is 87.7 Å². The molecular weight excluding hydrogens is 442 g/mol.